The second-order valence-corrected chi connectivity index (χ2v) is 8.84. The number of nitrogens with zero attached hydrogens (tertiary/aromatic N) is 1. The number of sulfonamides is 1. The van der Waals surface area contributed by atoms with E-state index in [0.29, 0.717) is 21.9 Å². The molecule has 7 heteroatoms. The van der Waals surface area contributed by atoms with Crippen molar-refractivity contribution in [1.82, 2.24) is 0 Å². The van der Waals surface area contributed by atoms with E-state index in [1.165, 1.54) is 36.4 Å². The van der Waals surface area contributed by atoms with Crippen molar-refractivity contribution in [1.29, 1.82) is 5.26 Å². The molecule has 0 aliphatic rings. The summed E-state index contributed by atoms with van der Waals surface area (Å²) in [7, 11) is -3.83. The number of rotatable bonds is 4. The highest BCUT2D eigenvalue weighted by atomic mass is 32.2. The average Bonchev–Trinajstić information content (AvgIpc) is 2.75. The second-order valence-electron chi connectivity index (χ2n) is 7.16. The summed E-state index contributed by atoms with van der Waals surface area (Å²) in [5, 5.41) is 31.5. The van der Waals surface area contributed by atoms with Crippen LogP contribution < -0.4 is 4.72 Å². The maximum Gasteiger partial charge on any atom is 0.261 e. The predicted molar refractivity (Wildman–Crippen MR) is 119 cm³/mol. The standard InChI is InChI=1S/C24H18N2O4S/c1-15-2-7-19(8-3-15)31(29,30)26-18-6-11-22(27)21(13-18)24-20-9-4-16(14-25)12-17(20)5-10-23(24)28/h2-13,26-28H,1H3. The number of aromatic hydroxyl groups is 2. The number of benzene rings is 4. The summed E-state index contributed by atoms with van der Waals surface area (Å²) in [5.41, 5.74) is 2.25. The molecule has 4 rings (SSSR count). The minimum absolute atomic E-state index is 0.0777. The maximum atomic E-state index is 12.7. The van der Waals surface area contributed by atoms with Gasteiger partial charge < -0.3 is 10.2 Å². The molecule has 3 N–H and O–H groups in total. The lowest BCUT2D eigenvalue weighted by molar-refractivity contribution is 0.470. The molecule has 0 atom stereocenters. The fraction of sp³-hybridized carbons (Fsp3) is 0.0417. The smallest absolute Gasteiger partial charge is 0.261 e. The number of nitrogens with one attached hydrogen (secondary N) is 1. The summed E-state index contributed by atoms with van der Waals surface area (Å²) < 4.78 is 28.0. The highest BCUT2D eigenvalue weighted by molar-refractivity contribution is 7.92. The molecular formula is C24H18N2O4S. The van der Waals surface area contributed by atoms with Crippen LogP contribution in [-0.2, 0) is 10.0 Å². The number of phenols is 2. The Bertz CT molecular complexity index is 1450. The molecule has 0 heterocycles. The van der Waals surface area contributed by atoms with Gasteiger partial charge in [-0.05, 0) is 66.2 Å². The van der Waals surface area contributed by atoms with Crippen molar-refractivity contribution in [2.75, 3.05) is 4.72 Å². The largest absolute Gasteiger partial charge is 0.507 e. The van der Waals surface area contributed by atoms with E-state index in [-0.39, 0.29) is 27.6 Å². The monoisotopic (exact) mass is 430 g/mol. The third kappa shape index (κ3) is 3.89. The highest BCUT2D eigenvalue weighted by Gasteiger charge is 2.18. The van der Waals surface area contributed by atoms with E-state index in [1.54, 1.807) is 36.4 Å². The summed E-state index contributed by atoms with van der Waals surface area (Å²) in [6.07, 6.45) is 0. The Kier molecular flexibility index (Phi) is 5.01. The molecule has 0 fully saturated rings. The zero-order valence-corrected chi connectivity index (χ0v) is 17.3. The Hall–Kier alpha value is -4.02. The molecular weight excluding hydrogens is 412 g/mol. The fourth-order valence-electron chi connectivity index (χ4n) is 3.40. The van der Waals surface area contributed by atoms with Crippen LogP contribution in [0.2, 0.25) is 0 Å². The van der Waals surface area contributed by atoms with Gasteiger partial charge >= 0.3 is 0 Å². The van der Waals surface area contributed by atoms with E-state index in [4.69, 9.17) is 5.26 Å². The maximum absolute atomic E-state index is 12.7. The predicted octanol–water partition coefficient (Wildman–Crippen LogP) is 4.90. The highest BCUT2D eigenvalue weighted by Crippen LogP contribution is 2.42. The van der Waals surface area contributed by atoms with Gasteiger partial charge in [-0.1, -0.05) is 29.8 Å². The van der Waals surface area contributed by atoms with Crippen molar-refractivity contribution in [3.05, 3.63) is 83.9 Å². The normalized spacial score (nSPS) is 11.2. The topological polar surface area (TPSA) is 110 Å². The number of hydrogen-bond acceptors (Lipinski definition) is 5. The van der Waals surface area contributed by atoms with Crippen molar-refractivity contribution >= 4 is 26.5 Å². The quantitative estimate of drug-likeness (QED) is 0.399. The lowest BCUT2D eigenvalue weighted by Crippen LogP contribution is -2.12. The Morgan fingerprint density at radius 3 is 2.29 bits per heavy atom. The van der Waals surface area contributed by atoms with Crippen LogP contribution >= 0.6 is 0 Å². The zero-order valence-electron chi connectivity index (χ0n) is 16.5. The number of phenolic OH excluding ortho intramolecular Hbond substituents is 2. The summed E-state index contributed by atoms with van der Waals surface area (Å²) in [4.78, 5) is 0.116. The Morgan fingerprint density at radius 2 is 1.58 bits per heavy atom. The van der Waals surface area contributed by atoms with Crippen molar-refractivity contribution in [3.63, 3.8) is 0 Å². The number of aryl methyl sites for hydroxylation is 1. The minimum atomic E-state index is -3.83. The van der Waals surface area contributed by atoms with Gasteiger partial charge in [-0.2, -0.15) is 5.26 Å². The molecule has 154 valence electrons. The summed E-state index contributed by atoms with van der Waals surface area (Å²) in [6.45, 7) is 1.87. The van der Waals surface area contributed by atoms with E-state index in [1.807, 2.05) is 6.92 Å². The van der Waals surface area contributed by atoms with Crippen LogP contribution in [0.3, 0.4) is 0 Å². The molecule has 0 aliphatic heterocycles. The van der Waals surface area contributed by atoms with Crippen molar-refractivity contribution < 1.29 is 18.6 Å². The van der Waals surface area contributed by atoms with Crippen LogP contribution in [0.15, 0.2) is 77.7 Å². The molecule has 0 saturated carbocycles. The first-order valence-corrected chi connectivity index (χ1v) is 10.9. The van der Waals surface area contributed by atoms with Gasteiger partial charge in [-0.15, -0.1) is 0 Å². The van der Waals surface area contributed by atoms with E-state index < -0.39 is 10.0 Å². The van der Waals surface area contributed by atoms with Crippen LogP contribution in [0.25, 0.3) is 21.9 Å². The third-order valence-corrected chi connectivity index (χ3v) is 6.37. The van der Waals surface area contributed by atoms with Crippen LogP contribution in [0.4, 0.5) is 5.69 Å². The first-order chi connectivity index (χ1) is 14.8. The van der Waals surface area contributed by atoms with Gasteiger partial charge in [0.25, 0.3) is 10.0 Å². The van der Waals surface area contributed by atoms with Crippen molar-refractivity contribution in [3.8, 4) is 28.7 Å². The van der Waals surface area contributed by atoms with E-state index in [2.05, 4.69) is 10.8 Å². The molecule has 0 amide bonds. The van der Waals surface area contributed by atoms with Crippen LogP contribution in [0.5, 0.6) is 11.5 Å². The van der Waals surface area contributed by atoms with Gasteiger partial charge in [0.2, 0.25) is 0 Å². The zero-order chi connectivity index (χ0) is 22.2. The molecule has 6 nitrogen and oxygen atoms in total. The van der Waals surface area contributed by atoms with E-state index in [9.17, 15) is 18.6 Å². The Labute approximate surface area is 179 Å². The van der Waals surface area contributed by atoms with Crippen LogP contribution in [-0.4, -0.2) is 18.6 Å². The molecule has 0 unspecified atom stereocenters. The number of nitriles is 1. The van der Waals surface area contributed by atoms with Gasteiger partial charge in [-0.25, -0.2) is 8.42 Å². The second kappa shape index (κ2) is 7.67. The average molecular weight is 430 g/mol. The van der Waals surface area contributed by atoms with Crippen LogP contribution in [0.1, 0.15) is 11.1 Å². The van der Waals surface area contributed by atoms with Gasteiger partial charge in [-0.3, -0.25) is 4.72 Å². The summed E-state index contributed by atoms with van der Waals surface area (Å²) in [6, 6.07) is 20.9. The first-order valence-electron chi connectivity index (χ1n) is 9.37. The SMILES string of the molecule is Cc1ccc(S(=O)(=O)Nc2ccc(O)c(-c3c(O)ccc4cc(C#N)ccc34)c2)cc1. The summed E-state index contributed by atoms with van der Waals surface area (Å²) in [5.74, 6) is -0.198. The molecule has 0 aliphatic carbocycles. The molecule has 31 heavy (non-hydrogen) atoms. The van der Waals surface area contributed by atoms with E-state index >= 15 is 0 Å². The summed E-state index contributed by atoms with van der Waals surface area (Å²) >= 11 is 0. The Balaban J connectivity index is 1.82. The van der Waals surface area contributed by atoms with Crippen LogP contribution in [0, 0.1) is 18.3 Å². The lowest BCUT2D eigenvalue weighted by atomic mass is 9.95. The molecule has 0 radical (unpaired) electrons. The third-order valence-electron chi connectivity index (χ3n) is 4.98. The molecule has 4 aromatic carbocycles. The number of fused-ring (bicyclic) bond motifs is 1. The molecule has 0 aromatic heterocycles. The minimum Gasteiger partial charge on any atom is -0.507 e. The van der Waals surface area contributed by atoms with Crippen molar-refractivity contribution in [2.45, 2.75) is 11.8 Å². The Morgan fingerprint density at radius 1 is 0.871 bits per heavy atom. The molecule has 4 aromatic rings. The lowest BCUT2D eigenvalue weighted by Gasteiger charge is -2.14. The van der Waals surface area contributed by atoms with E-state index in [0.717, 1.165) is 5.56 Å². The van der Waals surface area contributed by atoms with Crippen molar-refractivity contribution in [2.24, 2.45) is 0 Å². The van der Waals surface area contributed by atoms with Gasteiger partial charge in [0.1, 0.15) is 11.5 Å². The van der Waals surface area contributed by atoms with Gasteiger partial charge in [0, 0.05) is 16.8 Å². The van der Waals surface area contributed by atoms with Gasteiger partial charge in [0.15, 0.2) is 0 Å². The fourth-order valence-corrected chi connectivity index (χ4v) is 4.45. The number of anilines is 1. The molecule has 0 saturated heterocycles. The molecule has 0 bridgehead atoms. The molecule has 0 spiro atoms. The number of hydrogen-bond donors (Lipinski definition) is 3. The van der Waals surface area contributed by atoms with Gasteiger partial charge in [0.05, 0.1) is 16.5 Å². The first kappa shape index (κ1) is 20.3.